The van der Waals surface area contributed by atoms with Crippen molar-refractivity contribution in [1.82, 2.24) is 20.3 Å². The van der Waals surface area contributed by atoms with Crippen molar-refractivity contribution in [2.24, 2.45) is 0 Å². The molecule has 2 aliphatic rings. The van der Waals surface area contributed by atoms with Gasteiger partial charge < -0.3 is 5.32 Å². The molecule has 0 radical (unpaired) electrons. The number of carbonyl (C=O) groups excluding carboxylic acids is 1. The van der Waals surface area contributed by atoms with Crippen molar-refractivity contribution in [3.05, 3.63) is 42.1 Å². The molecule has 5 nitrogen and oxygen atoms in total. The highest BCUT2D eigenvalue weighted by molar-refractivity contribution is 6.33. The Kier molecular flexibility index (Phi) is 2.75. The quantitative estimate of drug-likeness (QED) is 0.812. The van der Waals surface area contributed by atoms with Gasteiger partial charge in [0.2, 0.25) is 0 Å². The van der Waals surface area contributed by atoms with Gasteiger partial charge in [-0.1, -0.05) is 36.1 Å². The number of aromatic nitrogens is 3. The van der Waals surface area contributed by atoms with Gasteiger partial charge in [0.1, 0.15) is 5.69 Å². The molecule has 0 atom stereocenters. The maximum Gasteiger partial charge on any atom is 0.195 e. The Morgan fingerprint density at radius 1 is 1.19 bits per heavy atom. The standard InChI is InChI=1S/C16H16N4O/c1-10-14-15(12-4-2-3-5-13(12)16(10)21)20(19-18-14)11-6-8-17-9-7-11/h2-5,11,17H,1,6-9H2. The molecule has 4 rings (SSSR count). The van der Waals surface area contributed by atoms with E-state index in [1.807, 2.05) is 28.9 Å². The first-order chi connectivity index (χ1) is 10.3. The third kappa shape index (κ3) is 1.77. The van der Waals surface area contributed by atoms with Gasteiger partial charge in [0.15, 0.2) is 5.78 Å². The van der Waals surface area contributed by atoms with Crippen LogP contribution >= 0.6 is 0 Å². The fourth-order valence-electron chi connectivity index (χ4n) is 3.21. The van der Waals surface area contributed by atoms with Crippen LogP contribution < -0.4 is 5.32 Å². The van der Waals surface area contributed by atoms with Crippen LogP contribution in [0.5, 0.6) is 0 Å². The number of ketones is 1. The fourth-order valence-corrected chi connectivity index (χ4v) is 3.21. The molecule has 1 N–H and O–H groups in total. The van der Waals surface area contributed by atoms with Gasteiger partial charge in [0, 0.05) is 16.7 Å². The molecular weight excluding hydrogens is 264 g/mol. The molecule has 2 aromatic rings. The Labute approximate surface area is 122 Å². The van der Waals surface area contributed by atoms with E-state index in [2.05, 4.69) is 22.2 Å². The third-order valence-corrected chi connectivity index (χ3v) is 4.34. The van der Waals surface area contributed by atoms with E-state index < -0.39 is 0 Å². The lowest BCUT2D eigenvalue weighted by molar-refractivity contribution is 0.105. The van der Waals surface area contributed by atoms with Crippen molar-refractivity contribution in [3.8, 4) is 11.3 Å². The van der Waals surface area contributed by atoms with Gasteiger partial charge in [-0.2, -0.15) is 0 Å². The zero-order valence-electron chi connectivity index (χ0n) is 11.7. The van der Waals surface area contributed by atoms with E-state index in [1.54, 1.807) is 0 Å². The molecular formula is C16H16N4O. The number of allylic oxidation sites excluding steroid dienone is 1. The first-order valence-electron chi connectivity index (χ1n) is 7.26. The average Bonchev–Trinajstić information content (AvgIpc) is 2.99. The molecule has 1 saturated heterocycles. The van der Waals surface area contributed by atoms with E-state index in [0.717, 1.165) is 37.2 Å². The van der Waals surface area contributed by atoms with Gasteiger partial charge >= 0.3 is 0 Å². The van der Waals surface area contributed by atoms with Crippen LogP contribution in [0, 0.1) is 0 Å². The molecule has 1 aliphatic heterocycles. The second kappa shape index (κ2) is 4.63. The molecule has 106 valence electrons. The molecule has 5 heteroatoms. The van der Waals surface area contributed by atoms with Crippen LogP contribution in [0.2, 0.25) is 0 Å². The van der Waals surface area contributed by atoms with Crippen LogP contribution in [0.15, 0.2) is 30.8 Å². The van der Waals surface area contributed by atoms with Crippen molar-refractivity contribution in [3.63, 3.8) is 0 Å². The number of rotatable bonds is 1. The van der Waals surface area contributed by atoms with Gasteiger partial charge in [0.05, 0.1) is 11.7 Å². The van der Waals surface area contributed by atoms with Crippen molar-refractivity contribution < 1.29 is 4.79 Å². The van der Waals surface area contributed by atoms with E-state index in [9.17, 15) is 4.79 Å². The van der Waals surface area contributed by atoms with Gasteiger partial charge in [-0.15, -0.1) is 5.10 Å². The molecule has 0 amide bonds. The SMILES string of the molecule is C=C1C(=O)c2ccccc2-c2c1nnn2C1CCNCC1. The molecule has 2 heterocycles. The maximum atomic E-state index is 12.4. The molecule has 1 aromatic heterocycles. The lowest BCUT2D eigenvalue weighted by atomic mass is 9.88. The normalized spacial score (nSPS) is 18.5. The predicted octanol–water partition coefficient (Wildman–Crippen LogP) is 2.08. The highest BCUT2D eigenvalue weighted by Crippen LogP contribution is 2.39. The van der Waals surface area contributed by atoms with Gasteiger partial charge in [-0.3, -0.25) is 4.79 Å². The third-order valence-electron chi connectivity index (χ3n) is 4.34. The zero-order chi connectivity index (χ0) is 14.4. The number of carbonyl (C=O) groups is 1. The van der Waals surface area contributed by atoms with Crippen LogP contribution in [0.3, 0.4) is 0 Å². The van der Waals surface area contributed by atoms with Crippen molar-refractivity contribution in [1.29, 1.82) is 0 Å². The largest absolute Gasteiger partial charge is 0.317 e. The number of hydrogen-bond acceptors (Lipinski definition) is 4. The van der Waals surface area contributed by atoms with Crippen molar-refractivity contribution in [2.45, 2.75) is 18.9 Å². The number of Topliss-reactive ketones (excluding diaryl/α,β-unsaturated/α-hetero) is 1. The Balaban J connectivity index is 1.91. The molecule has 1 fully saturated rings. The predicted molar refractivity (Wildman–Crippen MR) is 80.0 cm³/mol. The van der Waals surface area contributed by atoms with Crippen molar-refractivity contribution >= 4 is 11.4 Å². The summed E-state index contributed by atoms with van der Waals surface area (Å²) in [6, 6.07) is 7.99. The van der Waals surface area contributed by atoms with E-state index >= 15 is 0 Å². The maximum absolute atomic E-state index is 12.4. The molecule has 21 heavy (non-hydrogen) atoms. The molecule has 1 aliphatic carbocycles. The summed E-state index contributed by atoms with van der Waals surface area (Å²) < 4.78 is 1.99. The monoisotopic (exact) mass is 280 g/mol. The van der Waals surface area contributed by atoms with Gasteiger partial charge in [-0.25, -0.2) is 4.68 Å². The highest BCUT2D eigenvalue weighted by Gasteiger charge is 2.32. The number of nitrogens with zero attached hydrogens (tertiary/aromatic N) is 3. The van der Waals surface area contributed by atoms with E-state index in [-0.39, 0.29) is 5.78 Å². The van der Waals surface area contributed by atoms with E-state index in [1.165, 1.54) is 0 Å². The Morgan fingerprint density at radius 3 is 2.67 bits per heavy atom. The fraction of sp³-hybridized carbons (Fsp3) is 0.312. The summed E-state index contributed by atoms with van der Waals surface area (Å²) >= 11 is 0. The number of hydrogen-bond donors (Lipinski definition) is 1. The van der Waals surface area contributed by atoms with E-state index in [4.69, 9.17) is 0 Å². The smallest absolute Gasteiger partial charge is 0.195 e. The summed E-state index contributed by atoms with van der Waals surface area (Å²) in [4.78, 5) is 12.4. The first kappa shape index (κ1) is 12.5. The molecule has 0 saturated carbocycles. The highest BCUT2D eigenvalue weighted by atomic mass is 16.1. The van der Waals surface area contributed by atoms with Gasteiger partial charge in [0.25, 0.3) is 0 Å². The second-order valence-electron chi connectivity index (χ2n) is 5.57. The summed E-state index contributed by atoms with van der Waals surface area (Å²) in [5.41, 5.74) is 3.66. The van der Waals surface area contributed by atoms with Crippen LogP contribution in [-0.2, 0) is 0 Å². The summed E-state index contributed by atoms with van der Waals surface area (Å²) in [6.45, 7) is 5.89. The minimum absolute atomic E-state index is 0.0459. The molecule has 1 aromatic carbocycles. The van der Waals surface area contributed by atoms with Gasteiger partial charge in [-0.05, 0) is 25.9 Å². The minimum Gasteiger partial charge on any atom is -0.317 e. The number of fused-ring (bicyclic) bond motifs is 3. The van der Waals surface area contributed by atoms with Crippen LogP contribution in [0.1, 0.15) is 34.9 Å². The molecule has 0 bridgehead atoms. The number of benzene rings is 1. The Morgan fingerprint density at radius 2 is 1.90 bits per heavy atom. The minimum atomic E-state index is -0.0459. The molecule has 0 spiro atoms. The summed E-state index contributed by atoms with van der Waals surface area (Å²) in [6.07, 6.45) is 2.05. The van der Waals surface area contributed by atoms with E-state index in [0.29, 0.717) is 22.9 Å². The topological polar surface area (TPSA) is 59.8 Å². The summed E-state index contributed by atoms with van der Waals surface area (Å²) in [5.74, 6) is -0.0459. The lowest BCUT2D eigenvalue weighted by Gasteiger charge is -2.26. The summed E-state index contributed by atoms with van der Waals surface area (Å²) in [5, 5.41) is 11.9. The van der Waals surface area contributed by atoms with Crippen LogP contribution in [-0.4, -0.2) is 33.9 Å². The summed E-state index contributed by atoms with van der Waals surface area (Å²) in [7, 11) is 0. The molecule has 0 unspecified atom stereocenters. The first-order valence-corrected chi connectivity index (χ1v) is 7.26. The lowest BCUT2D eigenvalue weighted by Crippen LogP contribution is -2.30. The number of piperidine rings is 1. The zero-order valence-corrected chi connectivity index (χ0v) is 11.7. The number of nitrogens with one attached hydrogen (secondary N) is 1. The van der Waals surface area contributed by atoms with Crippen LogP contribution in [0.25, 0.3) is 16.8 Å². The Bertz CT molecular complexity index is 740. The Hall–Kier alpha value is -2.27. The van der Waals surface area contributed by atoms with Crippen LogP contribution in [0.4, 0.5) is 0 Å². The van der Waals surface area contributed by atoms with Crippen molar-refractivity contribution in [2.75, 3.05) is 13.1 Å². The second-order valence-corrected chi connectivity index (χ2v) is 5.57. The average molecular weight is 280 g/mol.